The Balaban J connectivity index is 3.10. The first-order valence-corrected chi connectivity index (χ1v) is 6.09. The van der Waals surface area contributed by atoms with Gasteiger partial charge in [0.15, 0.2) is 0 Å². The van der Waals surface area contributed by atoms with Crippen LogP contribution >= 0.6 is 0 Å². The molecule has 0 amide bonds. The van der Waals surface area contributed by atoms with Gasteiger partial charge in [-0.2, -0.15) is 0 Å². The van der Waals surface area contributed by atoms with Crippen LogP contribution in [-0.2, 0) is 10.0 Å². The van der Waals surface area contributed by atoms with Gasteiger partial charge in [-0.15, -0.1) is 0 Å². The van der Waals surface area contributed by atoms with Crippen LogP contribution < -0.4 is 4.31 Å². The van der Waals surface area contributed by atoms with Crippen molar-refractivity contribution in [2.45, 2.75) is 19.1 Å². The maximum atomic E-state index is 12.9. The fourth-order valence-electron chi connectivity index (χ4n) is 1.14. The average Bonchev–Trinajstić information content (AvgIpc) is 2.16. The third-order valence-electron chi connectivity index (χ3n) is 2.15. The van der Waals surface area contributed by atoms with E-state index < -0.39 is 21.1 Å². The van der Waals surface area contributed by atoms with Crippen LogP contribution in [0.4, 0.5) is 10.1 Å². The Labute approximate surface area is 89.6 Å². The summed E-state index contributed by atoms with van der Waals surface area (Å²) in [6.07, 6.45) is 0. The molecule has 1 aromatic carbocycles. The Morgan fingerprint density at radius 1 is 1.33 bits per heavy atom. The van der Waals surface area contributed by atoms with Gasteiger partial charge in [0, 0.05) is 7.05 Å². The van der Waals surface area contributed by atoms with Crippen LogP contribution in [0.3, 0.4) is 0 Å². The quantitative estimate of drug-likeness (QED) is 0.798. The van der Waals surface area contributed by atoms with E-state index in [-0.39, 0.29) is 0 Å². The minimum Gasteiger partial charge on any atom is -0.273 e. The molecule has 0 aliphatic rings. The minimum atomic E-state index is -3.38. The molecule has 0 spiro atoms. The van der Waals surface area contributed by atoms with Crippen molar-refractivity contribution in [3.8, 4) is 0 Å². The van der Waals surface area contributed by atoms with Crippen LogP contribution in [0.15, 0.2) is 24.3 Å². The number of hydrogen-bond donors (Lipinski definition) is 0. The summed E-state index contributed by atoms with van der Waals surface area (Å²) >= 11 is 0. The van der Waals surface area contributed by atoms with E-state index in [0.29, 0.717) is 5.69 Å². The summed E-state index contributed by atoms with van der Waals surface area (Å²) in [5, 5.41) is -0.522. The molecular weight excluding hydrogens is 217 g/mol. The lowest BCUT2D eigenvalue weighted by atomic mass is 10.3. The maximum Gasteiger partial charge on any atom is 0.237 e. The molecule has 5 heteroatoms. The zero-order valence-electron chi connectivity index (χ0n) is 8.94. The summed E-state index contributed by atoms with van der Waals surface area (Å²) in [6.45, 7) is 3.18. The smallest absolute Gasteiger partial charge is 0.237 e. The van der Waals surface area contributed by atoms with Crippen LogP contribution in [0.1, 0.15) is 13.8 Å². The van der Waals surface area contributed by atoms with Gasteiger partial charge in [0.05, 0.1) is 10.9 Å². The van der Waals surface area contributed by atoms with Gasteiger partial charge in [-0.05, 0) is 32.0 Å². The fourth-order valence-corrected chi connectivity index (χ4v) is 2.18. The maximum absolute atomic E-state index is 12.9. The Kier molecular flexibility index (Phi) is 3.34. The molecule has 15 heavy (non-hydrogen) atoms. The van der Waals surface area contributed by atoms with Gasteiger partial charge in [-0.1, -0.05) is 6.07 Å². The molecule has 0 saturated carbocycles. The molecule has 0 aliphatic carbocycles. The number of nitrogens with zero attached hydrogens (tertiary/aromatic N) is 1. The van der Waals surface area contributed by atoms with Gasteiger partial charge in [0.25, 0.3) is 0 Å². The molecule has 0 saturated heterocycles. The lowest BCUT2D eigenvalue weighted by Crippen LogP contribution is -2.32. The normalized spacial score (nSPS) is 11.8. The molecular formula is C10H14FNO2S. The zero-order chi connectivity index (χ0) is 11.6. The summed E-state index contributed by atoms with van der Waals surface area (Å²) in [5.74, 6) is -0.446. The highest BCUT2D eigenvalue weighted by Gasteiger charge is 2.22. The van der Waals surface area contributed by atoms with Crippen molar-refractivity contribution in [3.05, 3.63) is 30.1 Å². The number of halogens is 1. The number of benzene rings is 1. The standard InChI is InChI=1S/C10H14FNO2S/c1-8(2)15(13,14)12(3)10-6-4-5-9(11)7-10/h4-8H,1-3H3. The van der Waals surface area contributed by atoms with Gasteiger partial charge in [0.1, 0.15) is 5.82 Å². The Morgan fingerprint density at radius 2 is 1.93 bits per heavy atom. The Bertz CT molecular complexity index is 442. The van der Waals surface area contributed by atoms with Crippen LogP contribution in [-0.4, -0.2) is 20.7 Å². The zero-order valence-corrected chi connectivity index (χ0v) is 9.75. The average molecular weight is 231 g/mol. The van der Waals surface area contributed by atoms with E-state index >= 15 is 0 Å². The second-order valence-corrected chi connectivity index (χ2v) is 6.06. The molecule has 0 aliphatic heterocycles. The van der Waals surface area contributed by atoms with E-state index in [1.165, 1.54) is 25.2 Å². The van der Waals surface area contributed by atoms with Crippen molar-refractivity contribution in [2.75, 3.05) is 11.4 Å². The predicted molar refractivity (Wildman–Crippen MR) is 58.9 cm³/mol. The van der Waals surface area contributed by atoms with Crippen molar-refractivity contribution >= 4 is 15.7 Å². The molecule has 0 N–H and O–H groups in total. The Morgan fingerprint density at radius 3 is 2.40 bits per heavy atom. The third kappa shape index (κ3) is 2.47. The molecule has 1 rings (SSSR count). The van der Waals surface area contributed by atoms with E-state index in [2.05, 4.69) is 0 Å². The molecule has 0 unspecified atom stereocenters. The fraction of sp³-hybridized carbons (Fsp3) is 0.400. The molecule has 3 nitrogen and oxygen atoms in total. The van der Waals surface area contributed by atoms with E-state index in [9.17, 15) is 12.8 Å². The number of anilines is 1. The highest BCUT2D eigenvalue weighted by atomic mass is 32.2. The van der Waals surface area contributed by atoms with Gasteiger partial charge in [-0.3, -0.25) is 4.31 Å². The second-order valence-electron chi connectivity index (χ2n) is 3.54. The molecule has 0 heterocycles. The minimum absolute atomic E-state index is 0.337. The first kappa shape index (κ1) is 12.0. The number of sulfonamides is 1. The lowest BCUT2D eigenvalue weighted by molar-refractivity contribution is 0.585. The topological polar surface area (TPSA) is 37.4 Å². The predicted octanol–water partition coefficient (Wildman–Crippen LogP) is 2.00. The van der Waals surface area contributed by atoms with Crippen LogP contribution in [0.5, 0.6) is 0 Å². The van der Waals surface area contributed by atoms with E-state index in [0.717, 1.165) is 4.31 Å². The first-order chi connectivity index (χ1) is 6.85. The van der Waals surface area contributed by atoms with E-state index in [1.54, 1.807) is 19.9 Å². The van der Waals surface area contributed by atoms with Crippen molar-refractivity contribution in [1.29, 1.82) is 0 Å². The first-order valence-electron chi connectivity index (χ1n) is 4.59. The highest BCUT2D eigenvalue weighted by Crippen LogP contribution is 2.19. The van der Waals surface area contributed by atoms with Gasteiger partial charge < -0.3 is 0 Å². The van der Waals surface area contributed by atoms with E-state index in [4.69, 9.17) is 0 Å². The number of rotatable bonds is 3. The molecule has 0 bridgehead atoms. The van der Waals surface area contributed by atoms with Crippen molar-refractivity contribution in [2.24, 2.45) is 0 Å². The molecule has 0 radical (unpaired) electrons. The second kappa shape index (κ2) is 4.18. The Hall–Kier alpha value is -1.10. The van der Waals surface area contributed by atoms with Crippen LogP contribution in [0, 0.1) is 5.82 Å². The SMILES string of the molecule is CC(C)S(=O)(=O)N(C)c1cccc(F)c1. The summed E-state index contributed by atoms with van der Waals surface area (Å²) < 4.78 is 37.5. The molecule has 0 fully saturated rings. The molecule has 0 atom stereocenters. The van der Waals surface area contributed by atoms with Crippen LogP contribution in [0.25, 0.3) is 0 Å². The number of hydrogen-bond acceptors (Lipinski definition) is 2. The van der Waals surface area contributed by atoms with E-state index in [1.807, 2.05) is 0 Å². The lowest BCUT2D eigenvalue weighted by Gasteiger charge is -2.21. The molecule has 1 aromatic rings. The van der Waals surface area contributed by atoms with Gasteiger partial charge >= 0.3 is 0 Å². The van der Waals surface area contributed by atoms with Gasteiger partial charge in [-0.25, -0.2) is 12.8 Å². The molecule has 84 valence electrons. The largest absolute Gasteiger partial charge is 0.273 e. The summed E-state index contributed by atoms with van der Waals surface area (Å²) in [5.41, 5.74) is 0.337. The third-order valence-corrected chi connectivity index (χ3v) is 4.31. The summed E-state index contributed by atoms with van der Waals surface area (Å²) in [6, 6.07) is 5.51. The van der Waals surface area contributed by atoms with Crippen molar-refractivity contribution < 1.29 is 12.8 Å². The van der Waals surface area contributed by atoms with Gasteiger partial charge in [0.2, 0.25) is 10.0 Å². The molecule has 0 aromatic heterocycles. The highest BCUT2D eigenvalue weighted by molar-refractivity contribution is 7.93. The van der Waals surface area contributed by atoms with Crippen LogP contribution in [0.2, 0.25) is 0 Å². The summed E-state index contributed by atoms with van der Waals surface area (Å²) in [4.78, 5) is 0. The van der Waals surface area contributed by atoms with Crippen molar-refractivity contribution in [1.82, 2.24) is 0 Å². The van der Waals surface area contributed by atoms with Crippen molar-refractivity contribution in [3.63, 3.8) is 0 Å². The monoisotopic (exact) mass is 231 g/mol. The summed E-state index contributed by atoms with van der Waals surface area (Å²) in [7, 11) is -1.96.